The predicted molar refractivity (Wildman–Crippen MR) is 95.9 cm³/mol. The number of benzene rings is 2. The summed E-state index contributed by atoms with van der Waals surface area (Å²) < 4.78 is 12.2. The van der Waals surface area contributed by atoms with Gasteiger partial charge in [0, 0.05) is 12.2 Å². The Bertz CT molecular complexity index is 637. The fraction of sp³-hybridized carbons (Fsp3) is 0.368. The van der Waals surface area contributed by atoms with Crippen molar-refractivity contribution in [1.82, 2.24) is 0 Å². The highest BCUT2D eigenvalue weighted by molar-refractivity contribution is 6.62. The molecular formula is C19H24BNO2. The van der Waals surface area contributed by atoms with Crippen molar-refractivity contribution in [3.63, 3.8) is 0 Å². The summed E-state index contributed by atoms with van der Waals surface area (Å²) >= 11 is 0. The van der Waals surface area contributed by atoms with Gasteiger partial charge in [0.25, 0.3) is 0 Å². The lowest BCUT2D eigenvalue weighted by molar-refractivity contribution is 0.00578. The van der Waals surface area contributed by atoms with Crippen LogP contribution in [0.1, 0.15) is 33.3 Å². The van der Waals surface area contributed by atoms with Crippen LogP contribution in [0.5, 0.6) is 0 Å². The van der Waals surface area contributed by atoms with Crippen molar-refractivity contribution in [1.29, 1.82) is 0 Å². The molecule has 1 heterocycles. The molecule has 23 heavy (non-hydrogen) atoms. The molecule has 3 nitrogen and oxygen atoms in total. The maximum atomic E-state index is 6.08. The SMILES string of the molecule is CC1(C)OB(c2ccc(CNc3ccccc3)cc2)OC1(C)C. The summed E-state index contributed by atoms with van der Waals surface area (Å²) in [6, 6.07) is 18.6. The van der Waals surface area contributed by atoms with Gasteiger partial charge in [-0.05, 0) is 50.9 Å². The molecule has 1 aliphatic rings. The van der Waals surface area contributed by atoms with Crippen molar-refractivity contribution in [3.05, 3.63) is 60.2 Å². The van der Waals surface area contributed by atoms with E-state index in [0.29, 0.717) is 0 Å². The number of para-hydroxylation sites is 1. The Labute approximate surface area is 139 Å². The van der Waals surface area contributed by atoms with E-state index in [4.69, 9.17) is 9.31 Å². The van der Waals surface area contributed by atoms with Gasteiger partial charge in [-0.1, -0.05) is 42.5 Å². The van der Waals surface area contributed by atoms with Crippen molar-refractivity contribution in [2.75, 3.05) is 5.32 Å². The lowest BCUT2D eigenvalue weighted by atomic mass is 9.79. The van der Waals surface area contributed by atoms with Crippen LogP contribution < -0.4 is 10.8 Å². The normalized spacial score (nSPS) is 18.9. The molecule has 0 amide bonds. The Morgan fingerprint density at radius 1 is 0.826 bits per heavy atom. The van der Waals surface area contributed by atoms with Gasteiger partial charge in [-0.15, -0.1) is 0 Å². The molecule has 0 atom stereocenters. The summed E-state index contributed by atoms with van der Waals surface area (Å²) in [6.45, 7) is 9.10. The molecule has 120 valence electrons. The Hall–Kier alpha value is -1.78. The Balaban J connectivity index is 1.64. The number of hydrogen-bond donors (Lipinski definition) is 1. The molecule has 2 aromatic rings. The van der Waals surface area contributed by atoms with Crippen LogP contribution in [0, 0.1) is 0 Å². The predicted octanol–water partition coefficient (Wildman–Crippen LogP) is 3.60. The first-order valence-electron chi connectivity index (χ1n) is 8.11. The van der Waals surface area contributed by atoms with Crippen molar-refractivity contribution in [3.8, 4) is 0 Å². The van der Waals surface area contributed by atoms with E-state index in [0.717, 1.165) is 17.7 Å². The summed E-state index contributed by atoms with van der Waals surface area (Å²) in [5.41, 5.74) is 2.82. The van der Waals surface area contributed by atoms with Crippen LogP contribution in [0.15, 0.2) is 54.6 Å². The minimum atomic E-state index is -0.300. The summed E-state index contributed by atoms with van der Waals surface area (Å²) in [5, 5.41) is 3.41. The van der Waals surface area contributed by atoms with Gasteiger partial charge in [0.1, 0.15) is 0 Å². The minimum Gasteiger partial charge on any atom is -0.399 e. The summed E-state index contributed by atoms with van der Waals surface area (Å²) in [6.07, 6.45) is 0. The Morgan fingerprint density at radius 3 is 1.96 bits per heavy atom. The van der Waals surface area contributed by atoms with Gasteiger partial charge in [-0.3, -0.25) is 0 Å². The molecule has 2 aromatic carbocycles. The molecule has 1 aliphatic heterocycles. The number of nitrogens with one attached hydrogen (secondary N) is 1. The van der Waals surface area contributed by atoms with Crippen LogP contribution in [-0.4, -0.2) is 18.3 Å². The molecule has 4 heteroatoms. The number of hydrogen-bond acceptors (Lipinski definition) is 3. The zero-order valence-corrected chi connectivity index (χ0v) is 14.3. The smallest absolute Gasteiger partial charge is 0.399 e. The van der Waals surface area contributed by atoms with Gasteiger partial charge in [-0.2, -0.15) is 0 Å². The molecule has 0 aliphatic carbocycles. The van der Waals surface area contributed by atoms with E-state index < -0.39 is 0 Å². The fourth-order valence-corrected chi connectivity index (χ4v) is 2.53. The second kappa shape index (κ2) is 6.02. The van der Waals surface area contributed by atoms with E-state index >= 15 is 0 Å². The summed E-state index contributed by atoms with van der Waals surface area (Å²) in [4.78, 5) is 0. The minimum absolute atomic E-state index is 0.295. The average Bonchev–Trinajstić information content (AvgIpc) is 2.75. The molecule has 0 saturated carbocycles. The summed E-state index contributed by atoms with van der Waals surface area (Å²) in [7, 11) is -0.295. The van der Waals surface area contributed by atoms with Crippen LogP contribution >= 0.6 is 0 Å². The van der Waals surface area contributed by atoms with Gasteiger partial charge in [0.15, 0.2) is 0 Å². The molecule has 1 saturated heterocycles. The highest BCUT2D eigenvalue weighted by Gasteiger charge is 2.51. The van der Waals surface area contributed by atoms with Crippen molar-refractivity contribution in [2.45, 2.75) is 45.4 Å². The van der Waals surface area contributed by atoms with E-state index in [1.807, 2.05) is 18.2 Å². The van der Waals surface area contributed by atoms with Gasteiger partial charge in [0.2, 0.25) is 0 Å². The average molecular weight is 309 g/mol. The second-order valence-electron chi connectivity index (χ2n) is 7.05. The summed E-state index contributed by atoms with van der Waals surface area (Å²) in [5.74, 6) is 0. The molecule has 0 bridgehead atoms. The van der Waals surface area contributed by atoms with Gasteiger partial charge in [0.05, 0.1) is 11.2 Å². The largest absolute Gasteiger partial charge is 0.494 e. The molecule has 0 unspecified atom stereocenters. The third-order valence-corrected chi connectivity index (χ3v) is 4.78. The Morgan fingerprint density at radius 2 is 1.39 bits per heavy atom. The Kier molecular flexibility index (Phi) is 4.22. The molecule has 1 fully saturated rings. The van der Waals surface area contributed by atoms with Crippen molar-refractivity contribution in [2.24, 2.45) is 0 Å². The van der Waals surface area contributed by atoms with Gasteiger partial charge >= 0.3 is 7.12 Å². The lowest BCUT2D eigenvalue weighted by Gasteiger charge is -2.32. The van der Waals surface area contributed by atoms with Crippen LogP contribution in [-0.2, 0) is 15.9 Å². The van der Waals surface area contributed by atoms with Crippen LogP contribution in [0.2, 0.25) is 0 Å². The first-order valence-corrected chi connectivity index (χ1v) is 8.11. The standard InChI is InChI=1S/C19H24BNO2/c1-18(2)19(3,4)23-20(22-18)16-12-10-15(11-13-16)14-21-17-8-6-5-7-9-17/h5-13,21H,14H2,1-4H3. The first-order chi connectivity index (χ1) is 10.9. The molecule has 0 aromatic heterocycles. The molecule has 0 spiro atoms. The van der Waals surface area contributed by atoms with Crippen LogP contribution in [0.4, 0.5) is 5.69 Å². The van der Waals surface area contributed by atoms with E-state index in [2.05, 4.69) is 69.4 Å². The second-order valence-corrected chi connectivity index (χ2v) is 7.05. The fourth-order valence-electron chi connectivity index (χ4n) is 2.53. The van der Waals surface area contributed by atoms with Crippen molar-refractivity contribution < 1.29 is 9.31 Å². The van der Waals surface area contributed by atoms with E-state index in [-0.39, 0.29) is 18.3 Å². The van der Waals surface area contributed by atoms with Gasteiger partial charge in [-0.25, -0.2) is 0 Å². The quantitative estimate of drug-likeness (QED) is 0.875. The highest BCUT2D eigenvalue weighted by Crippen LogP contribution is 2.36. The van der Waals surface area contributed by atoms with E-state index in [1.54, 1.807) is 0 Å². The monoisotopic (exact) mass is 309 g/mol. The van der Waals surface area contributed by atoms with Crippen molar-refractivity contribution >= 4 is 18.3 Å². The lowest BCUT2D eigenvalue weighted by Crippen LogP contribution is -2.41. The first kappa shape index (κ1) is 16.1. The number of rotatable bonds is 4. The van der Waals surface area contributed by atoms with E-state index in [1.165, 1.54) is 5.56 Å². The highest BCUT2D eigenvalue weighted by atomic mass is 16.7. The van der Waals surface area contributed by atoms with Gasteiger partial charge < -0.3 is 14.6 Å². The third-order valence-electron chi connectivity index (χ3n) is 4.78. The molecular weight excluding hydrogens is 285 g/mol. The zero-order chi connectivity index (χ0) is 16.5. The number of anilines is 1. The third kappa shape index (κ3) is 3.43. The topological polar surface area (TPSA) is 30.5 Å². The maximum Gasteiger partial charge on any atom is 0.494 e. The molecule has 0 radical (unpaired) electrons. The van der Waals surface area contributed by atoms with E-state index in [9.17, 15) is 0 Å². The van der Waals surface area contributed by atoms with Crippen LogP contribution in [0.3, 0.4) is 0 Å². The molecule has 1 N–H and O–H groups in total. The maximum absolute atomic E-state index is 6.08. The van der Waals surface area contributed by atoms with Crippen LogP contribution in [0.25, 0.3) is 0 Å². The zero-order valence-electron chi connectivity index (χ0n) is 14.3. The molecule has 3 rings (SSSR count).